The molecule has 114 valence electrons. The molecule has 2 rings (SSSR count). The lowest BCUT2D eigenvalue weighted by atomic mass is 9.61. The first kappa shape index (κ1) is 15.9. The molecule has 1 fully saturated rings. The van der Waals surface area contributed by atoms with Gasteiger partial charge in [0.05, 0.1) is 0 Å². The summed E-state index contributed by atoms with van der Waals surface area (Å²) in [6.45, 7) is 11.2. The van der Waals surface area contributed by atoms with E-state index in [4.69, 9.17) is 5.73 Å². The molecule has 0 bridgehead atoms. The van der Waals surface area contributed by atoms with E-state index in [2.05, 4.69) is 38.0 Å². The molecular weight excluding hydrogens is 266 g/mol. The van der Waals surface area contributed by atoms with E-state index in [1.54, 1.807) is 0 Å². The van der Waals surface area contributed by atoms with E-state index in [1.165, 1.54) is 16.3 Å². The van der Waals surface area contributed by atoms with Gasteiger partial charge >= 0.3 is 0 Å². The molecule has 0 spiro atoms. The van der Waals surface area contributed by atoms with Gasteiger partial charge in [-0.05, 0) is 43.1 Å². The molecule has 1 saturated carbocycles. The van der Waals surface area contributed by atoms with E-state index >= 15 is 0 Å². The fraction of sp³-hybridized carbons (Fsp3) is 0.812. The largest absolute Gasteiger partial charge is 0.327 e. The predicted octanol–water partition coefficient (Wildman–Crippen LogP) is 3.19. The molecule has 1 aromatic rings. The lowest BCUT2D eigenvalue weighted by molar-refractivity contribution is 0.0539. The van der Waals surface area contributed by atoms with E-state index in [0.717, 1.165) is 25.9 Å². The minimum absolute atomic E-state index is 0.322. The molecule has 1 aromatic heterocycles. The van der Waals surface area contributed by atoms with Crippen LogP contribution >= 0.6 is 11.3 Å². The van der Waals surface area contributed by atoms with Crippen molar-refractivity contribution in [3.05, 3.63) is 16.1 Å². The van der Waals surface area contributed by atoms with Crippen LogP contribution in [0.15, 0.2) is 6.20 Å². The lowest BCUT2D eigenvalue weighted by Crippen LogP contribution is -2.49. The molecule has 0 aromatic carbocycles. The Morgan fingerprint density at radius 3 is 2.85 bits per heavy atom. The van der Waals surface area contributed by atoms with Crippen LogP contribution in [0.4, 0.5) is 0 Å². The van der Waals surface area contributed by atoms with Crippen molar-refractivity contribution in [1.82, 2.24) is 10.3 Å². The van der Waals surface area contributed by atoms with Crippen LogP contribution in [0.2, 0.25) is 0 Å². The van der Waals surface area contributed by atoms with Crippen molar-refractivity contribution < 1.29 is 0 Å². The Morgan fingerprint density at radius 1 is 1.45 bits per heavy atom. The van der Waals surface area contributed by atoms with Gasteiger partial charge in [0, 0.05) is 23.7 Å². The Kier molecular flexibility index (Phi) is 5.21. The highest BCUT2D eigenvalue weighted by molar-refractivity contribution is 7.11. The van der Waals surface area contributed by atoms with Crippen molar-refractivity contribution >= 4 is 11.3 Å². The maximum atomic E-state index is 6.23. The lowest BCUT2D eigenvalue weighted by Gasteiger charge is -2.47. The first-order chi connectivity index (χ1) is 9.45. The van der Waals surface area contributed by atoms with Gasteiger partial charge in [-0.1, -0.05) is 27.7 Å². The molecule has 0 amide bonds. The van der Waals surface area contributed by atoms with Gasteiger partial charge in [0.25, 0.3) is 0 Å². The molecule has 3 nitrogen and oxygen atoms in total. The fourth-order valence-electron chi connectivity index (χ4n) is 3.25. The molecular formula is C16H29N3S. The number of nitrogens with one attached hydrogen (secondary N) is 1. The first-order valence-corrected chi connectivity index (χ1v) is 8.66. The SMILES string of the molecule is CCc1cnc(CNCC2CCC(N)C(C)C2(C)C)s1. The van der Waals surface area contributed by atoms with Gasteiger partial charge in [-0.2, -0.15) is 0 Å². The Bertz CT molecular complexity index is 427. The van der Waals surface area contributed by atoms with Gasteiger partial charge in [-0.3, -0.25) is 0 Å². The minimum Gasteiger partial charge on any atom is -0.327 e. The summed E-state index contributed by atoms with van der Waals surface area (Å²) in [6, 6.07) is 0.368. The third kappa shape index (κ3) is 3.41. The fourth-order valence-corrected chi connectivity index (χ4v) is 4.08. The molecule has 4 heteroatoms. The second kappa shape index (κ2) is 6.54. The van der Waals surface area contributed by atoms with Gasteiger partial charge in [0.15, 0.2) is 0 Å². The monoisotopic (exact) mass is 295 g/mol. The minimum atomic E-state index is 0.322. The Balaban J connectivity index is 1.84. The van der Waals surface area contributed by atoms with Crippen molar-refractivity contribution in [1.29, 1.82) is 0 Å². The van der Waals surface area contributed by atoms with E-state index in [0.29, 0.717) is 23.3 Å². The summed E-state index contributed by atoms with van der Waals surface area (Å²) in [7, 11) is 0. The molecule has 1 aliphatic rings. The molecule has 3 atom stereocenters. The number of rotatable bonds is 5. The van der Waals surface area contributed by atoms with Crippen molar-refractivity contribution in [2.75, 3.05) is 6.54 Å². The smallest absolute Gasteiger partial charge is 0.107 e. The predicted molar refractivity (Wildman–Crippen MR) is 86.8 cm³/mol. The maximum absolute atomic E-state index is 6.23. The van der Waals surface area contributed by atoms with E-state index in [9.17, 15) is 0 Å². The van der Waals surface area contributed by atoms with Crippen LogP contribution in [0.5, 0.6) is 0 Å². The molecule has 0 radical (unpaired) electrons. The van der Waals surface area contributed by atoms with Gasteiger partial charge in [-0.25, -0.2) is 4.98 Å². The van der Waals surface area contributed by atoms with Crippen LogP contribution in [0, 0.1) is 17.3 Å². The number of aryl methyl sites for hydroxylation is 1. The highest BCUT2D eigenvalue weighted by Gasteiger charge is 2.41. The maximum Gasteiger partial charge on any atom is 0.107 e. The van der Waals surface area contributed by atoms with Crippen molar-refractivity contribution in [3.8, 4) is 0 Å². The second-order valence-electron chi connectivity index (χ2n) is 6.75. The summed E-state index contributed by atoms with van der Waals surface area (Å²) in [5.74, 6) is 1.30. The van der Waals surface area contributed by atoms with Crippen molar-refractivity contribution in [2.45, 2.75) is 59.5 Å². The third-order valence-electron chi connectivity index (χ3n) is 5.33. The summed E-state index contributed by atoms with van der Waals surface area (Å²) >= 11 is 1.83. The zero-order valence-corrected chi connectivity index (χ0v) is 14.1. The third-order valence-corrected chi connectivity index (χ3v) is 6.47. The first-order valence-electron chi connectivity index (χ1n) is 7.85. The van der Waals surface area contributed by atoms with Crippen LogP contribution in [-0.2, 0) is 13.0 Å². The number of hydrogen-bond donors (Lipinski definition) is 2. The molecule has 1 aliphatic carbocycles. The molecule has 1 heterocycles. The Hall–Kier alpha value is -0.450. The average molecular weight is 295 g/mol. The van der Waals surface area contributed by atoms with Crippen molar-refractivity contribution in [3.63, 3.8) is 0 Å². The molecule has 3 unspecified atom stereocenters. The normalized spacial score (nSPS) is 29.6. The van der Waals surface area contributed by atoms with Crippen LogP contribution in [0.25, 0.3) is 0 Å². The molecule has 3 N–H and O–H groups in total. The zero-order chi connectivity index (χ0) is 14.8. The topological polar surface area (TPSA) is 50.9 Å². The summed E-state index contributed by atoms with van der Waals surface area (Å²) in [4.78, 5) is 5.84. The van der Waals surface area contributed by atoms with Gasteiger partial charge in [0.1, 0.15) is 5.01 Å². The number of aromatic nitrogens is 1. The van der Waals surface area contributed by atoms with E-state index in [1.807, 2.05) is 17.5 Å². The van der Waals surface area contributed by atoms with Crippen LogP contribution < -0.4 is 11.1 Å². The van der Waals surface area contributed by atoms with Crippen LogP contribution in [0.1, 0.15) is 50.4 Å². The zero-order valence-electron chi connectivity index (χ0n) is 13.3. The van der Waals surface area contributed by atoms with E-state index in [-0.39, 0.29) is 0 Å². The Morgan fingerprint density at radius 2 is 2.20 bits per heavy atom. The number of thiazole rings is 1. The number of nitrogens with zero attached hydrogens (tertiary/aromatic N) is 1. The van der Waals surface area contributed by atoms with E-state index < -0.39 is 0 Å². The number of hydrogen-bond acceptors (Lipinski definition) is 4. The standard InChI is InChI=1S/C16H29N3S/c1-5-13-9-19-15(20-13)10-18-8-12-6-7-14(17)11(2)16(12,3)4/h9,11-12,14,18H,5-8,10,17H2,1-4H3. The second-order valence-corrected chi connectivity index (χ2v) is 7.95. The highest BCUT2D eigenvalue weighted by atomic mass is 32.1. The van der Waals surface area contributed by atoms with Crippen LogP contribution in [-0.4, -0.2) is 17.6 Å². The molecule has 20 heavy (non-hydrogen) atoms. The summed E-state index contributed by atoms with van der Waals surface area (Å²) in [6.07, 6.45) is 5.49. The van der Waals surface area contributed by atoms with Gasteiger partial charge in [-0.15, -0.1) is 11.3 Å². The highest BCUT2D eigenvalue weighted by Crippen LogP contribution is 2.43. The Labute approximate surface area is 127 Å². The quantitative estimate of drug-likeness (QED) is 0.877. The van der Waals surface area contributed by atoms with Crippen molar-refractivity contribution in [2.24, 2.45) is 23.0 Å². The van der Waals surface area contributed by atoms with Gasteiger partial charge < -0.3 is 11.1 Å². The molecule has 0 saturated heterocycles. The van der Waals surface area contributed by atoms with Crippen LogP contribution in [0.3, 0.4) is 0 Å². The average Bonchev–Trinajstić information content (AvgIpc) is 2.87. The summed E-state index contributed by atoms with van der Waals surface area (Å²) < 4.78 is 0. The van der Waals surface area contributed by atoms with Gasteiger partial charge in [0.2, 0.25) is 0 Å². The summed E-state index contributed by atoms with van der Waals surface area (Å²) in [5.41, 5.74) is 6.55. The molecule has 0 aliphatic heterocycles. The number of nitrogens with two attached hydrogens (primary N) is 1. The summed E-state index contributed by atoms with van der Waals surface area (Å²) in [5, 5.41) is 4.82.